The lowest BCUT2D eigenvalue weighted by Gasteiger charge is -2.23. The zero-order valence-electron chi connectivity index (χ0n) is 14.7. The fraction of sp³-hybridized carbons (Fsp3) is 0.556. The molecule has 3 rings (SSSR count). The van der Waals surface area contributed by atoms with E-state index in [9.17, 15) is 18.3 Å². The van der Waals surface area contributed by atoms with Crippen molar-refractivity contribution >= 4 is 21.6 Å². The molecular formula is C18H24N2O5S. The van der Waals surface area contributed by atoms with Crippen LogP contribution in [0.25, 0.3) is 0 Å². The van der Waals surface area contributed by atoms with Gasteiger partial charge in [-0.1, -0.05) is 30.3 Å². The Bertz CT molecular complexity index is 770. The minimum atomic E-state index is -3.89. The molecule has 1 heterocycles. The van der Waals surface area contributed by atoms with Crippen molar-refractivity contribution in [1.82, 2.24) is 4.31 Å². The maximum atomic E-state index is 13.0. The van der Waals surface area contributed by atoms with E-state index in [2.05, 4.69) is 4.99 Å². The highest BCUT2D eigenvalue weighted by atomic mass is 32.2. The van der Waals surface area contributed by atoms with E-state index in [0.29, 0.717) is 31.2 Å². The second kappa shape index (κ2) is 7.85. The average Bonchev–Trinajstić information content (AvgIpc) is 2.81. The highest BCUT2D eigenvalue weighted by Gasteiger charge is 2.50. The van der Waals surface area contributed by atoms with Crippen molar-refractivity contribution in [3.63, 3.8) is 0 Å². The van der Waals surface area contributed by atoms with Crippen LogP contribution in [0.15, 0.2) is 35.3 Å². The number of aliphatic imine (C=N–C) groups is 1. The Morgan fingerprint density at radius 2 is 1.85 bits per heavy atom. The average molecular weight is 380 g/mol. The molecule has 1 aromatic rings. The first kappa shape index (κ1) is 19.0. The molecule has 26 heavy (non-hydrogen) atoms. The summed E-state index contributed by atoms with van der Waals surface area (Å²) in [6.45, 7) is 0.110. The van der Waals surface area contributed by atoms with Gasteiger partial charge < -0.3 is 9.84 Å². The van der Waals surface area contributed by atoms with E-state index in [-0.39, 0.29) is 31.0 Å². The predicted octanol–water partition coefficient (Wildman–Crippen LogP) is 1.29. The van der Waals surface area contributed by atoms with Gasteiger partial charge in [0.05, 0.1) is 25.3 Å². The van der Waals surface area contributed by atoms with E-state index in [0.717, 1.165) is 4.31 Å². The summed E-state index contributed by atoms with van der Waals surface area (Å²) in [5, 5.41) is 8.58. The van der Waals surface area contributed by atoms with Crippen molar-refractivity contribution in [2.24, 2.45) is 4.99 Å². The molecule has 0 radical (unpaired) electrons. The normalized spacial score (nSPS) is 30.1. The Morgan fingerprint density at radius 3 is 2.46 bits per heavy atom. The first-order valence-electron chi connectivity index (χ1n) is 8.80. The lowest BCUT2D eigenvalue weighted by molar-refractivity contribution is -0.119. The molecule has 0 spiro atoms. The Hall–Kier alpha value is -1.77. The summed E-state index contributed by atoms with van der Waals surface area (Å²) in [7, 11) is -2.43. The van der Waals surface area contributed by atoms with Crippen LogP contribution in [-0.2, 0) is 19.6 Å². The van der Waals surface area contributed by atoms with Crippen LogP contribution < -0.4 is 0 Å². The molecule has 2 aliphatic rings. The minimum Gasteiger partial charge on any atom is -0.393 e. The van der Waals surface area contributed by atoms with Gasteiger partial charge in [0.25, 0.3) is 15.9 Å². The van der Waals surface area contributed by atoms with Gasteiger partial charge in [-0.15, -0.1) is 0 Å². The van der Waals surface area contributed by atoms with Gasteiger partial charge >= 0.3 is 0 Å². The van der Waals surface area contributed by atoms with Gasteiger partial charge in [-0.25, -0.2) is 12.7 Å². The smallest absolute Gasteiger partial charge is 0.283 e. The summed E-state index contributed by atoms with van der Waals surface area (Å²) in [6, 6.07) is 8.57. The monoisotopic (exact) mass is 380 g/mol. The first-order valence-corrected chi connectivity index (χ1v) is 10.3. The molecule has 0 aromatic heterocycles. The molecule has 1 aliphatic carbocycles. The number of benzene rings is 1. The van der Waals surface area contributed by atoms with E-state index in [1.165, 1.54) is 7.11 Å². The molecule has 8 heteroatoms. The van der Waals surface area contributed by atoms with Crippen molar-refractivity contribution in [3.05, 3.63) is 35.9 Å². The SMILES string of the molecule is COCCN1C(=O)C(=NC2CCC(O)CC2)C(c2ccccc2)S1(=O)=O. The van der Waals surface area contributed by atoms with Crippen LogP contribution >= 0.6 is 0 Å². The molecule has 1 unspecified atom stereocenters. The quantitative estimate of drug-likeness (QED) is 0.830. The van der Waals surface area contributed by atoms with Crippen molar-refractivity contribution in [2.75, 3.05) is 20.3 Å². The van der Waals surface area contributed by atoms with Crippen LogP contribution in [0.3, 0.4) is 0 Å². The zero-order chi connectivity index (χ0) is 18.7. The lowest BCUT2D eigenvalue weighted by Crippen LogP contribution is -2.34. The van der Waals surface area contributed by atoms with E-state index >= 15 is 0 Å². The largest absolute Gasteiger partial charge is 0.393 e. The van der Waals surface area contributed by atoms with Crippen LogP contribution in [0.2, 0.25) is 0 Å². The van der Waals surface area contributed by atoms with Crippen LogP contribution in [-0.4, -0.2) is 61.9 Å². The van der Waals surface area contributed by atoms with Gasteiger partial charge in [0.2, 0.25) is 0 Å². The highest BCUT2D eigenvalue weighted by Crippen LogP contribution is 2.35. The maximum Gasteiger partial charge on any atom is 0.283 e. The number of aliphatic hydroxyl groups excluding tert-OH is 1. The van der Waals surface area contributed by atoms with E-state index in [1.807, 2.05) is 0 Å². The van der Waals surface area contributed by atoms with Crippen LogP contribution in [0.1, 0.15) is 36.5 Å². The van der Waals surface area contributed by atoms with E-state index in [4.69, 9.17) is 4.74 Å². The van der Waals surface area contributed by atoms with Gasteiger partial charge in [-0.3, -0.25) is 9.79 Å². The van der Waals surface area contributed by atoms with Crippen LogP contribution in [0, 0.1) is 0 Å². The standard InChI is InChI=1S/C18H24N2O5S/c1-25-12-11-20-18(22)16(19-14-7-9-15(21)10-8-14)17(26(20,23)24)13-5-3-2-4-6-13/h2-6,14-15,17,21H,7-12H2,1H3. The summed E-state index contributed by atoms with van der Waals surface area (Å²) in [5.74, 6) is -0.568. The summed E-state index contributed by atoms with van der Waals surface area (Å²) in [6.07, 6.45) is 2.20. The number of aliphatic hydroxyl groups is 1. The van der Waals surface area contributed by atoms with Gasteiger partial charge in [-0.2, -0.15) is 0 Å². The molecular weight excluding hydrogens is 356 g/mol. The van der Waals surface area contributed by atoms with Crippen molar-refractivity contribution in [2.45, 2.75) is 43.1 Å². The molecule has 7 nitrogen and oxygen atoms in total. The first-order chi connectivity index (χ1) is 12.4. The van der Waals surface area contributed by atoms with Gasteiger partial charge in [0.15, 0.2) is 5.25 Å². The van der Waals surface area contributed by atoms with E-state index < -0.39 is 21.2 Å². The second-order valence-electron chi connectivity index (χ2n) is 6.68. The maximum absolute atomic E-state index is 13.0. The predicted molar refractivity (Wildman–Crippen MR) is 97.4 cm³/mol. The fourth-order valence-electron chi connectivity index (χ4n) is 3.49. The lowest BCUT2D eigenvalue weighted by atomic mass is 9.93. The number of amides is 1. The second-order valence-corrected chi connectivity index (χ2v) is 8.62. The number of nitrogens with zero attached hydrogens (tertiary/aromatic N) is 2. The third-order valence-corrected chi connectivity index (χ3v) is 6.94. The minimum absolute atomic E-state index is 0.0244. The Labute approximate surface area is 153 Å². The van der Waals surface area contributed by atoms with Gasteiger partial charge in [0.1, 0.15) is 5.71 Å². The number of rotatable bonds is 5. The number of carbonyl (C=O) groups excluding carboxylic acids is 1. The zero-order valence-corrected chi connectivity index (χ0v) is 15.6. The molecule has 1 amide bonds. The molecule has 1 N–H and O–H groups in total. The number of sulfonamides is 1. The summed E-state index contributed by atoms with van der Waals surface area (Å²) < 4.78 is 31.9. The molecule has 142 valence electrons. The molecule has 1 saturated heterocycles. The van der Waals surface area contributed by atoms with Crippen LogP contribution in [0.4, 0.5) is 0 Å². The Morgan fingerprint density at radius 1 is 1.19 bits per heavy atom. The number of hydrogen-bond acceptors (Lipinski definition) is 6. The Kier molecular flexibility index (Phi) is 5.74. The number of carbonyl (C=O) groups is 1. The van der Waals surface area contributed by atoms with E-state index in [1.54, 1.807) is 30.3 Å². The summed E-state index contributed by atoms with van der Waals surface area (Å²) >= 11 is 0. The topological polar surface area (TPSA) is 96.3 Å². The Balaban J connectivity index is 1.99. The van der Waals surface area contributed by atoms with Gasteiger partial charge in [0, 0.05) is 7.11 Å². The fourth-order valence-corrected chi connectivity index (χ4v) is 5.34. The van der Waals surface area contributed by atoms with Crippen LogP contribution in [0.5, 0.6) is 0 Å². The summed E-state index contributed by atoms with van der Waals surface area (Å²) in [4.78, 5) is 17.4. The molecule has 1 saturated carbocycles. The van der Waals surface area contributed by atoms with Gasteiger partial charge in [-0.05, 0) is 31.2 Å². The van der Waals surface area contributed by atoms with Crippen molar-refractivity contribution < 1.29 is 23.1 Å². The third-order valence-electron chi connectivity index (χ3n) is 4.89. The van der Waals surface area contributed by atoms with Crippen molar-refractivity contribution in [1.29, 1.82) is 0 Å². The summed E-state index contributed by atoms with van der Waals surface area (Å²) in [5.41, 5.74) is 0.615. The highest BCUT2D eigenvalue weighted by molar-refractivity contribution is 7.91. The number of hydrogen-bond donors (Lipinski definition) is 1. The van der Waals surface area contributed by atoms with Crippen molar-refractivity contribution in [3.8, 4) is 0 Å². The molecule has 1 atom stereocenters. The third kappa shape index (κ3) is 3.67. The molecule has 2 fully saturated rings. The molecule has 1 aliphatic heterocycles. The number of methoxy groups -OCH3 is 1. The number of ether oxygens (including phenoxy) is 1. The molecule has 1 aromatic carbocycles. The molecule has 0 bridgehead atoms.